The van der Waals surface area contributed by atoms with E-state index in [1.165, 1.54) is 6.42 Å². The van der Waals surface area contributed by atoms with Gasteiger partial charge in [-0.3, -0.25) is 4.79 Å². The second kappa shape index (κ2) is 5.99. The number of nitrogens with zero attached hydrogens (tertiary/aromatic N) is 1. The number of carbonyl (C=O) groups excluding carboxylic acids is 1. The van der Waals surface area contributed by atoms with Gasteiger partial charge in [-0.1, -0.05) is 36.8 Å². The van der Waals surface area contributed by atoms with E-state index in [0.717, 1.165) is 24.8 Å². The van der Waals surface area contributed by atoms with E-state index >= 15 is 0 Å². The summed E-state index contributed by atoms with van der Waals surface area (Å²) in [6.07, 6.45) is 3.75. The van der Waals surface area contributed by atoms with Crippen molar-refractivity contribution in [1.82, 2.24) is 4.90 Å². The molecule has 1 atom stereocenters. The van der Waals surface area contributed by atoms with E-state index in [1.54, 1.807) is 4.90 Å². The van der Waals surface area contributed by atoms with Crippen molar-refractivity contribution in [3.8, 4) is 0 Å². The van der Waals surface area contributed by atoms with Gasteiger partial charge in [0.15, 0.2) is 0 Å². The highest BCUT2D eigenvalue weighted by Crippen LogP contribution is 2.50. The van der Waals surface area contributed by atoms with E-state index in [9.17, 15) is 9.59 Å². The van der Waals surface area contributed by atoms with Crippen LogP contribution in [-0.4, -0.2) is 34.7 Å². The molecule has 1 spiro atoms. The third-order valence-corrected chi connectivity index (χ3v) is 4.88. The molecule has 1 saturated heterocycles. The molecule has 118 valence electrons. The zero-order chi connectivity index (χ0) is 15.6. The molecule has 1 unspecified atom stereocenters. The lowest BCUT2D eigenvalue weighted by Crippen LogP contribution is -2.39. The number of rotatable bonds is 4. The van der Waals surface area contributed by atoms with Crippen LogP contribution < -0.4 is 0 Å². The maximum Gasteiger partial charge on any atom is 0.410 e. The van der Waals surface area contributed by atoms with E-state index in [1.807, 2.05) is 30.3 Å². The third-order valence-electron chi connectivity index (χ3n) is 4.88. The van der Waals surface area contributed by atoms with Crippen LogP contribution in [0.15, 0.2) is 30.3 Å². The summed E-state index contributed by atoms with van der Waals surface area (Å²) in [4.78, 5) is 25.0. The normalized spacial score (nSPS) is 22.4. The van der Waals surface area contributed by atoms with Crippen LogP contribution in [0, 0.1) is 5.41 Å². The highest BCUT2D eigenvalue weighted by atomic mass is 16.6. The molecule has 1 aliphatic carbocycles. The molecule has 1 aromatic carbocycles. The van der Waals surface area contributed by atoms with Crippen molar-refractivity contribution in [3.05, 3.63) is 35.9 Å². The van der Waals surface area contributed by atoms with E-state index in [2.05, 4.69) is 0 Å². The monoisotopic (exact) mass is 303 g/mol. The molecule has 0 radical (unpaired) electrons. The lowest BCUT2D eigenvalue weighted by molar-refractivity contribution is -0.138. The van der Waals surface area contributed by atoms with Crippen molar-refractivity contribution in [2.45, 2.75) is 44.8 Å². The van der Waals surface area contributed by atoms with Crippen LogP contribution in [0.5, 0.6) is 0 Å². The first-order chi connectivity index (χ1) is 10.6. The maximum absolute atomic E-state index is 12.3. The largest absolute Gasteiger partial charge is 0.481 e. The molecule has 2 aliphatic rings. The van der Waals surface area contributed by atoms with E-state index in [-0.39, 0.29) is 30.6 Å². The number of hydrogen-bond donors (Lipinski definition) is 1. The van der Waals surface area contributed by atoms with Crippen LogP contribution in [0.1, 0.15) is 37.7 Å². The highest BCUT2D eigenvalue weighted by molar-refractivity contribution is 5.72. The Balaban J connectivity index is 1.62. The molecular weight excluding hydrogens is 282 g/mol. The first-order valence-electron chi connectivity index (χ1n) is 7.77. The number of benzene rings is 1. The Hall–Kier alpha value is -2.04. The fourth-order valence-corrected chi connectivity index (χ4v) is 3.60. The van der Waals surface area contributed by atoms with Crippen molar-refractivity contribution < 1.29 is 19.4 Å². The molecule has 1 N–H and O–H groups in total. The molecule has 1 amide bonds. The van der Waals surface area contributed by atoms with Crippen LogP contribution >= 0.6 is 0 Å². The minimum atomic E-state index is -0.859. The number of carboxylic acids is 1. The van der Waals surface area contributed by atoms with Gasteiger partial charge in [0.25, 0.3) is 0 Å². The van der Waals surface area contributed by atoms with Crippen molar-refractivity contribution in [2.75, 3.05) is 6.54 Å². The average Bonchev–Trinajstić information content (AvgIpc) is 2.85. The summed E-state index contributed by atoms with van der Waals surface area (Å²) in [5, 5.41) is 9.06. The average molecular weight is 303 g/mol. The van der Waals surface area contributed by atoms with Crippen molar-refractivity contribution in [1.29, 1.82) is 0 Å². The summed E-state index contributed by atoms with van der Waals surface area (Å²) in [5.74, 6) is -0.859. The third kappa shape index (κ3) is 3.08. The predicted octanol–water partition coefficient (Wildman–Crippen LogP) is 3.04. The first-order valence-corrected chi connectivity index (χ1v) is 7.77. The van der Waals surface area contributed by atoms with Crippen LogP contribution in [0.2, 0.25) is 0 Å². The Kier molecular flexibility index (Phi) is 4.05. The standard InChI is InChI=1S/C17H21NO4/c19-15(20)9-14-10-17(7-4-8-17)12-18(14)16(21)22-11-13-5-2-1-3-6-13/h1-3,5-6,14H,4,7-12H2,(H,19,20). The smallest absolute Gasteiger partial charge is 0.410 e. The molecule has 5 heteroatoms. The minimum absolute atomic E-state index is 0.00217. The zero-order valence-electron chi connectivity index (χ0n) is 12.5. The summed E-state index contributed by atoms with van der Waals surface area (Å²) in [6.45, 7) is 0.863. The second-order valence-electron chi connectivity index (χ2n) is 6.48. The van der Waals surface area contributed by atoms with Crippen LogP contribution in [-0.2, 0) is 16.1 Å². The molecule has 0 bridgehead atoms. The van der Waals surface area contributed by atoms with Gasteiger partial charge in [-0.2, -0.15) is 0 Å². The number of aliphatic carboxylic acids is 1. The fraction of sp³-hybridized carbons (Fsp3) is 0.529. The fourth-order valence-electron chi connectivity index (χ4n) is 3.60. The Morgan fingerprint density at radius 3 is 2.59 bits per heavy atom. The summed E-state index contributed by atoms with van der Waals surface area (Å²) in [5.41, 5.74) is 1.08. The van der Waals surface area contributed by atoms with Gasteiger partial charge in [0.1, 0.15) is 6.61 Å². The van der Waals surface area contributed by atoms with Crippen molar-refractivity contribution in [3.63, 3.8) is 0 Å². The quantitative estimate of drug-likeness (QED) is 0.928. The van der Waals surface area contributed by atoms with Crippen LogP contribution in [0.4, 0.5) is 4.79 Å². The summed E-state index contributed by atoms with van der Waals surface area (Å²) >= 11 is 0. The molecule has 5 nitrogen and oxygen atoms in total. The summed E-state index contributed by atoms with van der Waals surface area (Å²) in [6, 6.07) is 9.28. The second-order valence-corrected chi connectivity index (χ2v) is 6.48. The molecule has 3 rings (SSSR count). The Labute approximate surface area is 129 Å². The summed E-state index contributed by atoms with van der Waals surface area (Å²) < 4.78 is 5.38. The minimum Gasteiger partial charge on any atom is -0.481 e. The van der Waals surface area contributed by atoms with Gasteiger partial charge in [-0.25, -0.2) is 4.79 Å². The highest BCUT2D eigenvalue weighted by Gasteiger charge is 2.50. The summed E-state index contributed by atoms with van der Waals surface area (Å²) in [7, 11) is 0. The number of amides is 1. The van der Waals surface area contributed by atoms with Crippen LogP contribution in [0.3, 0.4) is 0 Å². The van der Waals surface area contributed by atoms with E-state index < -0.39 is 5.97 Å². The Morgan fingerprint density at radius 1 is 1.27 bits per heavy atom. The lowest BCUT2D eigenvalue weighted by atomic mass is 9.67. The molecule has 1 aromatic rings. The van der Waals surface area contributed by atoms with Gasteiger partial charge in [-0.15, -0.1) is 0 Å². The predicted molar refractivity (Wildman–Crippen MR) is 80.3 cm³/mol. The number of likely N-dealkylation sites (tertiary alicyclic amines) is 1. The maximum atomic E-state index is 12.3. The van der Waals surface area contributed by atoms with Gasteiger partial charge >= 0.3 is 12.1 Å². The molecule has 0 aromatic heterocycles. The van der Waals surface area contributed by atoms with Crippen LogP contribution in [0.25, 0.3) is 0 Å². The van der Waals surface area contributed by atoms with Gasteiger partial charge in [-0.05, 0) is 30.2 Å². The van der Waals surface area contributed by atoms with Gasteiger partial charge in [0, 0.05) is 12.6 Å². The zero-order valence-corrected chi connectivity index (χ0v) is 12.5. The van der Waals surface area contributed by atoms with Gasteiger partial charge in [0.05, 0.1) is 6.42 Å². The molecular formula is C17H21NO4. The Bertz CT molecular complexity index is 553. The Morgan fingerprint density at radius 2 is 2.00 bits per heavy atom. The van der Waals surface area contributed by atoms with Crippen molar-refractivity contribution >= 4 is 12.1 Å². The number of ether oxygens (including phenoxy) is 1. The first kappa shape index (κ1) is 14.9. The topological polar surface area (TPSA) is 66.8 Å². The van der Waals surface area contributed by atoms with E-state index in [0.29, 0.717) is 6.54 Å². The molecule has 22 heavy (non-hydrogen) atoms. The molecule has 2 fully saturated rings. The number of carboxylic acid groups (broad SMARTS) is 1. The number of carbonyl (C=O) groups is 2. The van der Waals surface area contributed by atoms with E-state index in [4.69, 9.17) is 9.84 Å². The molecule has 1 heterocycles. The van der Waals surface area contributed by atoms with Crippen molar-refractivity contribution in [2.24, 2.45) is 5.41 Å². The van der Waals surface area contributed by atoms with Gasteiger partial charge < -0.3 is 14.7 Å². The number of hydrogen-bond acceptors (Lipinski definition) is 3. The molecule has 1 aliphatic heterocycles. The lowest BCUT2D eigenvalue weighted by Gasteiger charge is -2.37. The van der Waals surface area contributed by atoms with Gasteiger partial charge in [0.2, 0.25) is 0 Å². The SMILES string of the molecule is O=C(O)CC1CC2(CCC2)CN1C(=O)OCc1ccccc1. The molecule has 1 saturated carbocycles.